The second kappa shape index (κ2) is 6.77. The zero-order chi connectivity index (χ0) is 16.1. The molecule has 0 heterocycles. The van der Waals surface area contributed by atoms with E-state index in [0.717, 1.165) is 16.8 Å². The monoisotopic (exact) mass is 293 g/mol. The van der Waals surface area contributed by atoms with E-state index in [9.17, 15) is 4.79 Å². The Bertz CT molecular complexity index is 694. The Kier molecular flexibility index (Phi) is 4.80. The van der Waals surface area contributed by atoms with Crippen molar-refractivity contribution in [2.45, 2.75) is 26.8 Å². The lowest BCUT2D eigenvalue weighted by atomic mass is 10.1. The number of rotatable bonds is 4. The zero-order valence-electron chi connectivity index (χ0n) is 13.0. The fourth-order valence-corrected chi connectivity index (χ4v) is 2.25. The zero-order valence-corrected chi connectivity index (χ0v) is 13.0. The largest absolute Gasteiger partial charge is 0.374 e. The number of hydrogen-bond acceptors (Lipinski definition) is 3. The van der Waals surface area contributed by atoms with Gasteiger partial charge in [-0.2, -0.15) is 5.26 Å². The number of carbonyl (C=O) groups is 1. The van der Waals surface area contributed by atoms with Crippen LogP contribution in [0.4, 0.5) is 11.4 Å². The van der Waals surface area contributed by atoms with E-state index in [0.29, 0.717) is 11.3 Å². The van der Waals surface area contributed by atoms with Gasteiger partial charge < -0.3 is 10.6 Å². The number of nitrogens with one attached hydrogen (secondary N) is 2. The minimum atomic E-state index is -0.364. The lowest BCUT2D eigenvalue weighted by Crippen LogP contribution is -2.31. The maximum absolute atomic E-state index is 12.2. The average molecular weight is 293 g/mol. The van der Waals surface area contributed by atoms with Crippen LogP contribution in [0.1, 0.15) is 23.6 Å². The van der Waals surface area contributed by atoms with E-state index in [4.69, 9.17) is 5.26 Å². The molecule has 112 valence electrons. The van der Waals surface area contributed by atoms with Crippen LogP contribution >= 0.6 is 0 Å². The van der Waals surface area contributed by atoms with Gasteiger partial charge in [-0.25, -0.2) is 0 Å². The summed E-state index contributed by atoms with van der Waals surface area (Å²) in [7, 11) is 0. The van der Waals surface area contributed by atoms with Gasteiger partial charge in [0.2, 0.25) is 5.91 Å². The second-order valence-corrected chi connectivity index (χ2v) is 5.42. The first-order valence-electron chi connectivity index (χ1n) is 7.14. The van der Waals surface area contributed by atoms with Gasteiger partial charge in [-0.15, -0.1) is 0 Å². The third kappa shape index (κ3) is 4.10. The summed E-state index contributed by atoms with van der Waals surface area (Å²) in [5, 5.41) is 14.8. The van der Waals surface area contributed by atoms with Crippen molar-refractivity contribution >= 4 is 17.3 Å². The first kappa shape index (κ1) is 15.6. The molecule has 2 aromatic carbocycles. The molecule has 4 nitrogen and oxygen atoms in total. The van der Waals surface area contributed by atoms with Crippen molar-refractivity contribution in [3.8, 4) is 6.07 Å². The molecule has 2 aromatic rings. The highest BCUT2D eigenvalue weighted by atomic mass is 16.2. The van der Waals surface area contributed by atoms with E-state index in [1.807, 2.05) is 39.0 Å². The predicted octanol–water partition coefficient (Wildman–Crippen LogP) is 3.61. The smallest absolute Gasteiger partial charge is 0.246 e. The summed E-state index contributed by atoms with van der Waals surface area (Å²) in [4.78, 5) is 12.2. The molecule has 2 rings (SSSR count). The van der Waals surface area contributed by atoms with Gasteiger partial charge in [0.25, 0.3) is 0 Å². The molecule has 4 heteroatoms. The lowest BCUT2D eigenvalue weighted by Gasteiger charge is -2.16. The molecule has 0 saturated carbocycles. The summed E-state index contributed by atoms with van der Waals surface area (Å²) in [5.41, 5.74) is 4.49. The third-order valence-corrected chi connectivity index (χ3v) is 3.28. The molecule has 0 aliphatic carbocycles. The molecule has 1 atom stereocenters. The molecule has 0 radical (unpaired) electrons. The van der Waals surface area contributed by atoms with Gasteiger partial charge in [-0.1, -0.05) is 6.07 Å². The van der Waals surface area contributed by atoms with E-state index >= 15 is 0 Å². The Balaban J connectivity index is 2.00. The van der Waals surface area contributed by atoms with Crippen LogP contribution in [0.3, 0.4) is 0 Å². The van der Waals surface area contributed by atoms with E-state index in [1.54, 1.807) is 24.3 Å². The van der Waals surface area contributed by atoms with Gasteiger partial charge in [-0.05, 0) is 68.3 Å². The quantitative estimate of drug-likeness (QED) is 0.905. The van der Waals surface area contributed by atoms with Gasteiger partial charge in [-0.3, -0.25) is 4.79 Å². The number of nitriles is 1. The van der Waals surface area contributed by atoms with Gasteiger partial charge in [0.1, 0.15) is 6.04 Å². The summed E-state index contributed by atoms with van der Waals surface area (Å²) in [6, 6.07) is 14.6. The number of benzene rings is 2. The summed E-state index contributed by atoms with van der Waals surface area (Å²) >= 11 is 0. The fraction of sp³-hybridized carbons (Fsp3) is 0.222. The Labute approximate surface area is 130 Å². The first-order chi connectivity index (χ1) is 10.5. The molecule has 2 N–H and O–H groups in total. The van der Waals surface area contributed by atoms with Crippen molar-refractivity contribution in [1.29, 1.82) is 5.26 Å². The maximum atomic E-state index is 12.2. The Morgan fingerprint density at radius 3 is 2.18 bits per heavy atom. The lowest BCUT2D eigenvalue weighted by molar-refractivity contribution is -0.116. The molecule has 0 aromatic heterocycles. The summed E-state index contributed by atoms with van der Waals surface area (Å²) in [5.74, 6) is -0.121. The number of amides is 1. The molecule has 0 saturated heterocycles. The minimum Gasteiger partial charge on any atom is -0.374 e. The van der Waals surface area contributed by atoms with Gasteiger partial charge in [0.15, 0.2) is 0 Å². The molecular formula is C18H19N3O. The van der Waals surface area contributed by atoms with Crippen molar-refractivity contribution in [3.05, 3.63) is 59.2 Å². The van der Waals surface area contributed by atoms with E-state index in [2.05, 4.69) is 16.7 Å². The number of aryl methyl sites for hydroxylation is 2. The van der Waals surface area contributed by atoms with Crippen LogP contribution in [0.15, 0.2) is 42.5 Å². The van der Waals surface area contributed by atoms with Crippen LogP contribution in [0.25, 0.3) is 0 Å². The van der Waals surface area contributed by atoms with Crippen LogP contribution in [0, 0.1) is 25.2 Å². The molecule has 0 unspecified atom stereocenters. The van der Waals surface area contributed by atoms with Crippen LogP contribution in [-0.4, -0.2) is 11.9 Å². The fourth-order valence-electron chi connectivity index (χ4n) is 2.25. The molecule has 0 bridgehead atoms. The summed E-state index contributed by atoms with van der Waals surface area (Å²) < 4.78 is 0. The molecule has 1 amide bonds. The molecule has 0 spiro atoms. The highest BCUT2D eigenvalue weighted by Gasteiger charge is 2.13. The van der Waals surface area contributed by atoms with Crippen molar-refractivity contribution in [3.63, 3.8) is 0 Å². The molecule has 0 aliphatic heterocycles. The highest BCUT2D eigenvalue weighted by molar-refractivity contribution is 5.96. The summed E-state index contributed by atoms with van der Waals surface area (Å²) in [6.45, 7) is 5.87. The Morgan fingerprint density at radius 1 is 1.05 bits per heavy atom. The number of nitrogens with zero attached hydrogens (tertiary/aromatic N) is 1. The van der Waals surface area contributed by atoms with Gasteiger partial charge in [0.05, 0.1) is 11.6 Å². The summed E-state index contributed by atoms with van der Waals surface area (Å²) in [6.07, 6.45) is 0. The predicted molar refractivity (Wildman–Crippen MR) is 88.8 cm³/mol. The first-order valence-corrected chi connectivity index (χ1v) is 7.14. The molecule has 22 heavy (non-hydrogen) atoms. The van der Waals surface area contributed by atoms with Crippen LogP contribution in [-0.2, 0) is 4.79 Å². The van der Waals surface area contributed by atoms with Crippen LogP contribution in [0.5, 0.6) is 0 Å². The van der Waals surface area contributed by atoms with E-state index in [-0.39, 0.29) is 11.9 Å². The van der Waals surface area contributed by atoms with Crippen LogP contribution in [0.2, 0.25) is 0 Å². The highest BCUT2D eigenvalue weighted by Crippen LogP contribution is 2.15. The standard InChI is InChI=1S/C18H19N3O/c1-12-8-13(2)10-17(9-12)20-14(3)18(22)21-16-6-4-15(11-19)5-7-16/h4-10,14,20H,1-3H3,(H,21,22)/t14-/m1/s1. The number of carbonyl (C=O) groups excluding carboxylic acids is 1. The normalized spacial score (nSPS) is 11.4. The Morgan fingerprint density at radius 2 is 1.64 bits per heavy atom. The molecule has 0 fully saturated rings. The maximum Gasteiger partial charge on any atom is 0.246 e. The second-order valence-electron chi connectivity index (χ2n) is 5.42. The molecule has 0 aliphatic rings. The Hall–Kier alpha value is -2.80. The molecular weight excluding hydrogens is 274 g/mol. The number of anilines is 2. The number of hydrogen-bond donors (Lipinski definition) is 2. The van der Waals surface area contributed by atoms with Crippen molar-refractivity contribution in [2.75, 3.05) is 10.6 Å². The van der Waals surface area contributed by atoms with Gasteiger partial charge in [0, 0.05) is 11.4 Å². The topological polar surface area (TPSA) is 64.9 Å². The minimum absolute atomic E-state index is 0.121. The average Bonchev–Trinajstić information content (AvgIpc) is 2.46. The third-order valence-electron chi connectivity index (χ3n) is 3.28. The van der Waals surface area contributed by atoms with E-state index in [1.165, 1.54) is 0 Å². The SMILES string of the molecule is Cc1cc(C)cc(N[C@H](C)C(=O)Nc2ccc(C#N)cc2)c1. The van der Waals surface area contributed by atoms with Gasteiger partial charge >= 0.3 is 0 Å². The van der Waals surface area contributed by atoms with Crippen molar-refractivity contribution < 1.29 is 4.79 Å². The van der Waals surface area contributed by atoms with Crippen molar-refractivity contribution in [1.82, 2.24) is 0 Å². The van der Waals surface area contributed by atoms with Crippen LogP contribution < -0.4 is 10.6 Å². The van der Waals surface area contributed by atoms with Crippen molar-refractivity contribution in [2.24, 2.45) is 0 Å². The van der Waals surface area contributed by atoms with E-state index < -0.39 is 0 Å².